The Morgan fingerprint density at radius 1 is 1.43 bits per heavy atom. The number of carboxylic acids is 1. The maximum absolute atomic E-state index is 12.1. The Kier molecular flexibility index (Phi) is 3.57. The number of nitrogens with zero attached hydrogens (tertiary/aromatic N) is 1. The molecule has 5 nitrogen and oxygen atoms in total. The largest absolute Gasteiger partial charge is 0.478 e. The highest BCUT2D eigenvalue weighted by molar-refractivity contribution is 5.92. The van der Waals surface area contributed by atoms with Crippen molar-refractivity contribution in [2.24, 2.45) is 11.8 Å². The third-order valence-corrected chi connectivity index (χ3v) is 4.51. The van der Waals surface area contributed by atoms with Gasteiger partial charge in [0.25, 0.3) is 0 Å². The minimum Gasteiger partial charge on any atom is -0.478 e. The van der Waals surface area contributed by atoms with Gasteiger partial charge in [-0.1, -0.05) is 19.8 Å². The van der Waals surface area contributed by atoms with Crippen LogP contribution in [0.3, 0.4) is 0 Å². The van der Waals surface area contributed by atoms with Crippen molar-refractivity contribution in [2.45, 2.75) is 39.2 Å². The van der Waals surface area contributed by atoms with Gasteiger partial charge in [0, 0.05) is 6.54 Å². The van der Waals surface area contributed by atoms with Crippen LogP contribution in [0.2, 0.25) is 0 Å². The number of aromatic nitrogens is 2. The second kappa shape index (κ2) is 5.39. The second-order valence-corrected chi connectivity index (χ2v) is 6.22. The number of hydrogen-bond donors (Lipinski definition) is 2. The van der Waals surface area contributed by atoms with Crippen molar-refractivity contribution in [3.05, 3.63) is 34.2 Å². The number of H-pyrrole nitrogens is 1. The maximum atomic E-state index is 12.1. The summed E-state index contributed by atoms with van der Waals surface area (Å²) in [6.45, 7) is 2.99. The summed E-state index contributed by atoms with van der Waals surface area (Å²) in [4.78, 5) is 25.9. The fourth-order valence-electron chi connectivity index (χ4n) is 3.46. The van der Waals surface area contributed by atoms with Crippen LogP contribution in [0.4, 0.5) is 0 Å². The normalized spacial score (nSPS) is 22.5. The highest BCUT2D eigenvalue weighted by atomic mass is 16.4. The monoisotopic (exact) mass is 288 g/mol. The highest BCUT2D eigenvalue weighted by Gasteiger charge is 2.21. The molecule has 1 aliphatic rings. The van der Waals surface area contributed by atoms with Gasteiger partial charge in [-0.2, -0.15) is 0 Å². The van der Waals surface area contributed by atoms with Gasteiger partial charge in [-0.25, -0.2) is 9.59 Å². The van der Waals surface area contributed by atoms with Crippen LogP contribution in [0.25, 0.3) is 11.0 Å². The van der Waals surface area contributed by atoms with Gasteiger partial charge in [0.05, 0.1) is 16.6 Å². The molecule has 1 saturated carbocycles. The van der Waals surface area contributed by atoms with E-state index in [0.29, 0.717) is 11.4 Å². The van der Waals surface area contributed by atoms with E-state index in [2.05, 4.69) is 11.9 Å². The van der Waals surface area contributed by atoms with Crippen molar-refractivity contribution in [1.29, 1.82) is 0 Å². The number of hydrogen-bond acceptors (Lipinski definition) is 2. The Morgan fingerprint density at radius 2 is 2.24 bits per heavy atom. The lowest BCUT2D eigenvalue weighted by Crippen LogP contribution is -2.24. The molecule has 1 aliphatic carbocycles. The summed E-state index contributed by atoms with van der Waals surface area (Å²) in [7, 11) is 0. The van der Waals surface area contributed by atoms with Crippen LogP contribution >= 0.6 is 0 Å². The van der Waals surface area contributed by atoms with Gasteiger partial charge in [-0.3, -0.25) is 4.57 Å². The zero-order valence-corrected chi connectivity index (χ0v) is 12.1. The first-order valence-corrected chi connectivity index (χ1v) is 7.50. The summed E-state index contributed by atoms with van der Waals surface area (Å²) in [5.41, 5.74) is 1.44. The first kappa shape index (κ1) is 13.9. The molecule has 1 aromatic carbocycles. The zero-order chi connectivity index (χ0) is 15.0. The molecule has 2 atom stereocenters. The average molecular weight is 288 g/mol. The summed E-state index contributed by atoms with van der Waals surface area (Å²) < 4.78 is 1.75. The van der Waals surface area contributed by atoms with E-state index in [1.807, 2.05) is 0 Å². The molecule has 0 spiro atoms. The molecule has 0 aliphatic heterocycles. The fourth-order valence-corrected chi connectivity index (χ4v) is 3.46. The number of aromatic carboxylic acids is 1. The van der Waals surface area contributed by atoms with Gasteiger partial charge in [-0.15, -0.1) is 0 Å². The van der Waals surface area contributed by atoms with Gasteiger partial charge in [0.1, 0.15) is 0 Å². The molecule has 112 valence electrons. The van der Waals surface area contributed by atoms with Gasteiger partial charge in [-0.05, 0) is 42.9 Å². The topological polar surface area (TPSA) is 75.1 Å². The van der Waals surface area contributed by atoms with Gasteiger partial charge < -0.3 is 10.1 Å². The van der Waals surface area contributed by atoms with E-state index < -0.39 is 5.97 Å². The number of nitrogens with one attached hydrogen (secondary N) is 1. The first-order chi connectivity index (χ1) is 10.0. The number of benzene rings is 1. The van der Waals surface area contributed by atoms with Crippen LogP contribution < -0.4 is 5.69 Å². The fraction of sp³-hybridized carbons (Fsp3) is 0.500. The van der Waals surface area contributed by atoms with Crippen LogP contribution in [-0.2, 0) is 6.54 Å². The molecule has 0 saturated heterocycles. The molecule has 21 heavy (non-hydrogen) atoms. The molecule has 2 unspecified atom stereocenters. The van der Waals surface area contributed by atoms with Gasteiger partial charge in [0.15, 0.2) is 0 Å². The molecule has 1 fully saturated rings. The van der Waals surface area contributed by atoms with Crippen molar-refractivity contribution in [3.8, 4) is 0 Å². The van der Waals surface area contributed by atoms with E-state index in [4.69, 9.17) is 5.11 Å². The summed E-state index contributed by atoms with van der Waals surface area (Å²) in [5, 5.41) is 9.01. The van der Waals surface area contributed by atoms with Crippen LogP contribution in [-0.4, -0.2) is 20.6 Å². The predicted octanol–water partition coefficient (Wildman–Crippen LogP) is 2.85. The standard InChI is InChI=1S/C16H20N2O3/c1-10-3-2-4-11(7-10)9-18-14-6-5-12(15(19)20)8-13(14)17-16(18)21/h5-6,8,10-11H,2-4,7,9H2,1H3,(H,17,21)(H,19,20). The molecule has 0 amide bonds. The molecule has 0 radical (unpaired) electrons. The van der Waals surface area contributed by atoms with E-state index in [1.165, 1.54) is 18.9 Å². The van der Waals surface area contributed by atoms with E-state index in [9.17, 15) is 9.59 Å². The smallest absolute Gasteiger partial charge is 0.335 e. The predicted molar refractivity (Wildman–Crippen MR) is 80.6 cm³/mol. The van der Waals surface area contributed by atoms with Crippen molar-refractivity contribution < 1.29 is 9.90 Å². The molecule has 5 heteroatoms. The summed E-state index contributed by atoms with van der Waals surface area (Å²) in [5.74, 6) is 0.277. The Balaban J connectivity index is 1.93. The molecule has 2 aromatic rings. The maximum Gasteiger partial charge on any atom is 0.335 e. The molecule has 1 aromatic heterocycles. The quantitative estimate of drug-likeness (QED) is 0.912. The van der Waals surface area contributed by atoms with Crippen molar-refractivity contribution in [2.75, 3.05) is 0 Å². The summed E-state index contributed by atoms with van der Waals surface area (Å²) in [6.07, 6.45) is 4.83. The van der Waals surface area contributed by atoms with Crippen LogP contribution in [0, 0.1) is 11.8 Å². The van der Waals surface area contributed by atoms with E-state index in [-0.39, 0.29) is 11.3 Å². The van der Waals surface area contributed by atoms with E-state index in [0.717, 1.165) is 30.8 Å². The number of carboxylic acid groups (broad SMARTS) is 1. The number of carbonyl (C=O) groups is 1. The van der Waals surface area contributed by atoms with Gasteiger partial charge in [0.2, 0.25) is 0 Å². The second-order valence-electron chi connectivity index (χ2n) is 6.22. The lowest BCUT2D eigenvalue weighted by molar-refractivity contribution is 0.0697. The molecule has 1 heterocycles. The molecule has 2 N–H and O–H groups in total. The number of aromatic amines is 1. The van der Waals surface area contributed by atoms with Gasteiger partial charge >= 0.3 is 11.7 Å². The lowest BCUT2D eigenvalue weighted by atomic mass is 9.82. The van der Waals surface area contributed by atoms with Crippen molar-refractivity contribution in [1.82, 2.24) is 9.55 Å². The Bertz CT molecular complexity index is 729. The highest BCUT2D eigenvalue weighted by Crippen LogP contribution is 2.30. The molecular formula is C16H20N2O3. The van der Waals surface area contributed by atoms with Crippen LogP contribution in [0.5, 0.6) is 0 Å². The summed E-state index contributed by atoms with van der Waals surface area (Å²) in [6, 6.07) is 4.81. The average Bonchev–Trinajstić information content (AvgIpc) is 2.74. The van der Waals surface area contributed by atoms with E-state index >= 15 is 0 Å². The number of rotatable bonds is 3. The minimum absolute atomic E-state index is 0.147. The Labute approximate surface area is 122 Å². The summed E-state index contributed by atoms with van der Waals surface area (Å²) >= 11 is 0. The van der Waals surface area contributed by atoms with E-state index in [1.54, 1.807) is 16.7 Å². The van der Waals surface area contributed by atoms with Crippen LogP contribution in [0.15, 0.2) is 23.0 Å². The van der Waals surface area contributed by atoms with Crippen molar-refractivity contribution in [3.63, 3.8) is 0 Å². The lowest BCUT2D eigenvalue weighted by Gasteiger charge is -2.26. The van der Waals surface area contributed by atoms with Crippen molar-refractivity contribution >= 4 is 17.0 Å². The first-order valence-electron chi connectivity index (χ1n) is 7.50. The number of imidazole rings is 1. The Hall–Kier alpha value is -2.04. The number of fused-ring (bicyclic) bond motifs is 1. The molecular weight excluding hydrogens is 268 g/mol. The molecule has 0 bridgehead atoms. The Morgan fingerprint density at radius 3 is 2.95 bits per heavy atom. The molecule has 3 rings (SSSR count). The van der Waals surface area contributed by atoms with Crippen LogP contribution in [0.1, 0.15) is 43.0 Å². The third kappa shape index (κ3) is 2.73. The third-order valence-electron chi connectivity index (χ3n) is 4.51. The zero-order valence-electron chi connectivity index (χ0n) is 12.1. The minimum atomic E-state index is -0.980. The SMILES string of the molecule is CC1CCCC(Cn2c(=O)[nH]c3cc(C(=O)O)ccc32)C1.